The van der Waals surface area contributed by atoms with E-state index in [9.17, 15) is 9.18 Å². The van der Waals surface area contributed by atoms with Gasteiger partial charge in [-0.15, -0.1) is 0 Å². The summed E-state index contributed by atoms with van der Waals surface area (Å²) in [4.78, 5) is 11.5. The number of hydrogen-bond donors (Lipinski definition) is 3. The van der Waals surface area contributed by atoms with Crippen LogP contribution in [0.1, 0.15) is 27.2 Å². The van der Waals surface area contributed by atoms with Gasteiger partial charge in [-0.25, -0.2) is 4.39 Å². The van der Waals surface area contributed by atoms with Crippen LogP contribution in [0.3, 0.4) is 0 Å². The Morgan fingerprint density at radius 1 is 1.39 bits per heavy atom. The SMILES string of the molecule is CC(C)(C)NC(=O)CCNc1cccc(F)c1N. The van der Waals surface area contributed by atoms with E-state index >= 15 is 0 Å². The Hall–Kier alpha value is -1.78. The average molecular weight is 253 g/mol. The van der Waals surface area contributed by atoms with Crippen molar-refractivity contribution in [2.75, 3.05) is 17.6 Å². The van der Waals surface area contributed by atoms with Crippen LogP contribution in [0.15, 0.2) is 18.2 Å². The topological polar surface area (TPSA) is 67.2 Å². The smallest absolute Gasteiger partial charge is 0.222 e. The van der Waals surface area contributed by atoms with Gasteiger partial charge in [0.25, 0.3) is 0 Å². The molecule has 4 nitrogen and oxygen atoms in total. The van der Waals surface area contributed by atoms with Crippen molar-refractivity contribution in [3.05, 3.63) is 24.0 Å². The first-order valence-electron chi connectivity index (χ1n) is 5.88. The van der Waals surface area contributed by atoms with Crippen LogP contribution in [0.25, 0.3) is 0 Å². The van der Waals surface area contributed by atoms with Crippen molar-refractivity contribution in [2.24, 2.45) is 0 Å². The molecule has 0 aromatic heterocycles. The fourth-order valence-corrected chi connectivity index (χ4v) is 1.48. The molecule has 0 heterocycles. The van der Waals surface area contributed by atoms with Gasteiger partial charge in [0, 0.05) is 18.5 Å². The summed E-state index contributed by atoms with van der Waals surface area (Å²) in [5.74, 6) is -0.510. The van der Waals surface area contributed by atoms with Gasteiger partial charge in [-0.3, -0.25) is 4.79 Å². The highest BCUT2D eigenvalue weighted by Gasteiger charge is 2.13. The van der Waals surface area contributed by atoms with Crippen molar-refractivity contribution < 1.29 is 9.18 Å². The Kier molecular flexibility index (Phi) is 4.53. The number of anilines is 2. The lowest BCUT2D eigenvalue weighted by atomic mass is 10.1. The molecule has 0 unspecified atom stereocenters. The standard InChI is InChI=1S/C13H20FN3O/c1-13(2,3)17-11(18)7-8-16-10-6-4-5-9(14)12(10)15/h4-6,16H,7-8,15H2,1-3H3,(H,17,18). The van der Waals surface area contributed by atoms with E-state index in [1.807, 2.05) is 20.8 Å². The van der Waals surface area contributed by atoms with Crippen LogP contribution in [0.5, 0.6) is 0 Å². The molecule has 0 fully saturated rings. The van der Waals surface area contributed by atoms with E-state index in [-0.39, 0.29) is 17.1 Å². The monoisotopic (exact) mass is 253 g/mol. The summed E-state index contributed by atoms with van der Waals surface area (Å²) in [6, 6.07) is 4.55. The zero-order chi connectivity index (χ0) is 13.8. The van der Waals surface area contributed by atoms with E-state index in [2.05, 4.69) is 10.6 Å². The predicted molar refractivity (Wildman–Crippen MR) is 71.8 cm³/mol. The van der Waals surface area contributed by atoms with E-state index in [0.29, 0.717) is 18.7 Å². The zero-order valence-electron chi connectivity index (χ0n) is 11.0. The highest BCUT2D eigenvalue weighted by molar-refractivity contribution is 5.77. The van der Waals surface area contributed by atoms with Gasteiger partial charge in [0.15, 0.2) is 0 Å². The Morgan fingerprint density at radius 2 is 2.06 bits per heavy atom. The molecule has 1 rings (SSSR count). The van der Waals surface area contributed by atoms with Gasteiger partial charge in [-0.2, -0.15) is 0 Å². The number of halogens is 1. The summed E-state index contributed by atoms with van der Waals surface area (Å²) >= 11 is 0. The van der Waals surface area contributed by atoms with Crippen molar-refractivity contribution in [2.45, 2.75) is 32.7 Å². The van der Waals surface area contributed by atoms with Crippen molar-refractivity contribution in [1.82, 2.24) is 5.32 Å². The number of amides is 1. The van der Waals surface area contributed by atoms with E-state index in [1.165, 1.54) is 6.07 Å². The van der Waals surface area contributed by atoms with Crippen molar-refractivity contribution in [3.63, 3.8) is 0 Å². The van der Waals surface area contributed by atoms with Crippen molar-refractivity contribution >= 4 is 17.3 Å². The molecular weight excluding hydrogens is 233 g/mol. The fraction of sp³-hybridized carbons (Fsp3) is 0.462. The first-order valence-corrected chi connectivity index (χ1v) is 5.88. The van der Waals surface area contributed by atoms with Crippen LogP contribution < -0.4 is 16.4 Å². The molecule has 1 amide bonds. The van der Waals surface area contributed by atoms with E-state index in [0.717, 1.165) is 0 Å². The molecule has 0 bridgehead atoms. The highest BCUT2D eigenvalue weighted by Crippen LogP contribution is 2.20. The lowest BCUT2D eigenvalue weighted by molar-refractivity contribution is -0.122. The van der Waals surface area contributed by atoms with Crippen LogP contribution in [0.4, 0.5) is 15.8 Å². The van der Waals surface area contributed by atoms with Gasteiger partial charge < -0.3 is 16.4 Å². The van der Waals surface area contributed by atoms with Crippen LogP contribution in [-0.2, 0) is 4.79 Å². The molecule has 18 heavy (non-hydrogen) atoms. The largest absolute Gasteiger partial charge is 0.395 e. The quantitative estimate of drug-likeness (QED) is 0.720. The maximum absolute atomic E-state index is 13.1. The van der Waals surface area contributed by atoms with E-state index in [1.54, 1.807) is 12.1 Å². The molecule has 0 aliphatic heterocycles. The maximum atomic E-state index is 13.1. The number of nitrogens with one attached hydrogen (secondary N) is 2. The molecule has 0 radical (unpaired) electrons. The minimum Gasteiger partial charge on any atom is -0.395 e. The normalized spacial score (nSPS) is 11.1. The number of nitrogen functional groups attached to an aromatic ring is 1. The molecule has 4 N–H and O–H groups in total. The molecule has 0 saturated carbocycles. The second-order valence-corrected chi connectivity index (χ2v) is 5.18. The van der Waals surface area contributed by atoms with Gasteiger partial charge >= 0.3 is 0 Å². The van der Waals surface area contributed by atoms with E-state index < -0.39 is 5.82 Å². The summed E-state index contributed by atoms with van der Waals surface area (Å²) in [5, 5.41) is 5.79. The Labute approximate surface area is 107 Å². The number of hydrogen-bond acceptors (Lipinski definition) is 3. The Bertz CT molecular complexity index is 427. The van der Waals surface area contributed by atoms with Gasteiger partial charge in [0.2, 0.25) is 5.91 Å². The fourth-order valence-electron chi connectivity index (χ4n) is 1.48. The average Bonchev–Trinajstić information content (AvgIpc) is 2.21. The van der Waals surface area contributed by atoms with Crippen LogP contribution in [0.2, 0.25) is 0 Å². The molecule has 0 aliphatic carbocycles. The van der Waals surface area contributed by atoms with Crippen LogP contribution in [-0.4, -0.2) is 18.0 Å². The minimum atomic E-state index is -0.459. The summed E-state index contributed by atoms with van der Waals surface area (Å²) in [6.07, 6.45) is 0.313. The van der Waals surface area contributed by atoms with Crippen molar-refractivity contribution in [3.8, 4) is 0 Å². The number of para-hydroxylation sites is 1. The molecule has 1 aromatic carbocycles. The lowest BCUT2D eigenvalue weighted by Crippen LogP contribution is -2.41. The number of carbonyl (C=O) groups excluding carboxylic acids is 1. The lowest BCUT2D eigenvalue weighted by Gasteiger charge is -2.20. The van der Waals surface area contributed by atoms with Crippen LogP contribution >= 0.6 is 0 Å². The van der Waals surface area contributed by atoms with Gasteiger partial charge in [0.1, 0.15) is 5.82 Å². The van der Waals surface area contributed by atoms with E-state index in [4.69, 9.17) is 5.73 Å². The predicted octanol–water partition coefficient (Wildman–Crippen LogP) is 2.12. The number of nitrogens with two attached hydrogens (primary N) is 1. The van der Waals surface area contributed by atoms with Crippen LogP contribution in [0, 0.1) is 5.82 Å². The Balaban J connectivity index is 2.43. The van der Waals surface area contributed by atoms with Gasteiger partial charge in [-0.1, -0.05) is 6.07 Å². The summed E-state index contributed by atoms with van der Waals surface area (Å²) < 4.78 is 13.1. The van der Waals surface area contributed by atoms with Crippen molar-refractivity contribution in [1.29, 1.82) is 0 Å². The minimum absolute atomic E-state index is 0.0509. The second-order valence-electron chi connectivity index (χ2n) is 5.18. The third kappa shape index (κ3) is 4.61. The molecule has 1 aromatic rings. The first kappa shape index (κ1) is 14.3. The summed E-state index contributed by atoms with van der Waals surface area (Å²) in [5.41, 5.74) is 5.91. The molecule has 0 spiro atoms. The molecule has 0 saturated heterocycles. The highest BCUT2D eigenvalue weighted by atomic mass is 19.1. The third-order valence-corrected chi connectivity index (χ3v) is 2.23. The van der Waals surface area contributed by atoms with Gasteiger partial charge in [-0.05, 0) is 32.9 Å². The molecule has 0 atom stereocenters. The summed E-state index contributed by atoms with van der Waals surface area (Å²) in [6.45, 7) is 6.17. The third-order valence-electron chi connectivity index (χ3n) is 2.23. The number of rotatable bonds is 4. The molecule has 5 heteroatoms. The first-order chi connectivity index (χ1) is 8.29. The molecule has 0 aliphatic rings. The number of benzene rings is 1. The maximum Gasteiger partial charge on any atom is 0.222 e. The molecular formula is C13H20FN3O. The molecule has 100 valence electrons. The second kappa shape index (κ2) is 5.71. The number of carbonyl (C=O) groups is 1. The zero-order valence-corrected chi connectivity index (χ0v) is 11.0. The summed E-state index contributed by atoms with van der Waals surface area (Å²) in [7, 11) is 0. The van der Waals surface area contributed by atoms with Gasteiger partial charge in [0.05, 0.1) is 11.4 Å². The Morgan fingerprint density at radius 3 is 2.67 bits per heavy atom.